The van der Waals surface area contributed by atoms with Crippen molar-refractivity contribution in [2.75, 3.05) is 6.54 Å². The quantitative estimate of drug-likeness (QED) is 0.756. The number of amides is 1. The van der Waals surface area contributed by atoms with E-state index in [4.69, 9.17) is 5.26 Å². The van der Waals surface area contributed by atoms with Gasteiger partial charge in [0, 0.05) is 17.5 Å². The largest absolute Gasteiger partial charge is 0.287 e. The first-order chi connectivity index (χ1) is 9.29. The molecule has 2 aromatic rings. The number of nitrogens with one attached hydrogen (secondary N) is 2. The van der Waals surface area contributed by atoms with Gasteiger partial charge in [0.1, 0.15) is 0 Å². The molecule has 2 aromatic carbocycles. The van der Waals surface area contributed by atoms with Crippen LogP contribution in [0.15, 0.2) is 42.0 Å². The van der Waals surface area contributed by atoms with Gasteiger partial charge in [0.2, 0.25) is 0 Å². The lowest BCUT2D eigenvalue weighted by Crippen LogP contribution is -2.25. The van der Waals surface area contributed by atoms with Crippen molar-refractivity contribution >= 4 is 22.8 Å². The first-order valence-corrected chi connectivity index (χ1v) is 5.95. The first kappa shape index (κ1) is 11.5. The molecule has 0 unspecified atom stereocenters. The fraction of sp³-hybridized carbons (Fsp3) is 0.0667. The number of hydrazine groups is 1. The molecule has 1 fully saturated rings. The molecule has 92 valence electrons. The number of carbonyl (C=O) groups is 1. The average Bonchev–Trinajstić information content (AvgIpc) is 2.84. The van der Waals surface area contributed by atoms with E-state index in [0.717, 1.165) is 16.3 Å². The Morgan fingerprint density at radius 1 is 1.16 bits per heavy atom. The van der Waals surface area contributed by atoms with Crippen molar-refractivity contribution in [3.63, 3.8) is 0 Å². The summed E-state index contributed by atoms with van der Waals surface area (Å²) in [6.07, 6.45) is 1.86. The third kappa shape index (κ3) is 1.96. The number of nitrogens with zero attached hydrogens (tertiary/aromatic N) is 1. The number of hydrogen-bond donors (Lipinski definition) is 2. The topological polar surface area (TPSA) is 64.9 Å². The van der Waals surface area contributed by atoms with Crippen LogP contribution in [0.2, 0.25) is 0 Å². The third-order valence-corrected chi connectivity index (χ3v) is 3.18. The standard InChI is InChI=1S/C15H11N3O/c16-8-11-4-2-5-13-10(3-1-6-14(11)13)7-12-9-17-18-15(12)19/h1-7,17H,9H2,(H,18,19)/b12-7+. The van der Waals surface area contributed by atoms with Gasteiger partial charge in [0.25, 0.3) is 5.91 Å². The number of carbonyl (C=O) groups excluding carboxylic acids is 1. The fourth-order valence-electron chi connectivity index (χ4n) is 2.24. The van der Waals surface area contributed by atoms with E-state index in [0.29, 0.717) is 17.7 Å². The van der Waals surface area contributed by atoms with Crippen LogP contribution in [0.4, 0.5) is 0 Å². The van der Waals surface area contributed by atoms with E-state index >= 15 is 0 Å². The van der Waals surface area contributed by atoms with Crippen LogP contribution in [-0.4, -0.2) is 12.5 Å². The zero-order chi connectivity index (χ0) is 13.2. The summed E-state index contributed by atoms with van der Waals surface area (Å²) in [4.78, 5) is 11.5. The van der Waals surface area contributed by atoms with Crippen LogP contribution in [0.5, 0.6) is 0 Å². The molecule has 0 spiro atoms. The number of hydrogen-bond acceptors (Lipinski definition) is 3. The maximum atomic E-state index is 11.5. The molecule has 0 saturated carbocycles. The average molecular weight is 249 g/mol. The minimum atomic E-state index is -0.103. The molecule has 1 aliphatic heterocycles. The summed E-state index contributed by atoms with van der Waals surface area (Å²) < 4.78 is 0. The molecule has 3 rings (SSSR count). The maximum absolute atomic E-state index is 11.5. The molecule has 0 radical (unpaired) electrons. The summed E-state index contributed by atoms with van der Waals surface area (Å²) in [7, 11) is 0. The second-order valence-corrected chi connectivity index (χ2v) is 4.34. The summed E-state index contributed by atoms with van der Waals surface area (Å²) in [5.41, 5.74) is 7.63. The Bertz CT molecular complexity index is 741. The molecule has 1 aliphatic rings. The third-order valence-electron chi connectivity index (χ3n) is 3.18. The van der Waals surface area contributed by atoms with E-state index in [1.54, 1.807) is 6.07 Å². The van der Waals surface area contributed by atoms with E-state index in [1.807, 2.05) is 36.4 Å². The molecule has 1 heterocycles. The lowest BCUT2D eigenvalue weighted by Gasteiger charge is -2.04. The molecule has 19 heavy (non-hydrogen) atoms. The van der Waals surface area contributed by atoms with Crippen LogP contribution >= 0.6 is 0 Å². The van der Waals surface area contributed by atoms with Crippen molar-refractivity contribution < 1.29 is 4.79 Å². The zero-order valence-electron chi connectivity index (χ0n) is 10.1. The van der Waals surface area contributed by atoms with Crippen LogP contribution < -0.4 is 10.9 Å². The monoisotopic (exact) mass is 249 g/mol. The molecular formula is C15H11N3O. The minimum Gasteiger partial charge on any atom is -0.287 e. The van der Waals surface area contributed by atoms with Crippen LogP contribution in [0.25, 0.3) is 16.8 Å². The van der Waals surface area contributed by atoms with E-state index < -0.39 is 0 Å². The first-order valence-electron chi connectivity index (χ1n) is 5.95. The zero-order valence-corrected chi connectivity index (χ0v) is 10.1. The van der Waals surface area contributed by atoms with E-state index in [9.17, 15) is 4.79 Å². The summed E-state index contributed by atoms with van der Waals surface area (Å²) in [5.74, 6) is -0.103. The molecular weight excluding hydrogens is 238 g/mol. The van der Waals surface area contributed by atoms with Crippen molar-refractivity contribution in [2.24, 2.45) is 0 Å². The highest BCUT2D eigenvalue weighted by Gasteiger charge is 2.15. The summed E-state index contributed by atoms with van der Waals surface area (Å²) in [6.45, 7) is 0.507. The van der Waals surface area contributed by atoms with Crippen molar-refractivity contribution in [1.82, 2.24) is 10.9 Å². The van der Waals surface area contributed by atoms with Gasteiger partial charge in [-0.1, -0.05) is 30.3 Å². The molecule has 0 bridgehead atoms. The minimum absolute atomic E-state index is 0.103. The lowest BCUT2D eigenvalue weighted by molar-refractivity contribution is -0.116. The van der Waals surface area contributed by atoms with Gasteiger partial charge < -0.3 is 0 Å². The number of nitriles is 1. The Morgan fingerprint density at radius 2 is 1.95 bits per heavy atom. The van der Waals surface area contributed by atoms with E-state index in [-0.39, 0.29) is 5.91 Å². The normalized spacial score (nSPS) is 16.6. The van der Waals surface area contributed by atoms with Gasteiger partial charge in [-0.05, 0) is 23.1 Å². The van der Waals surface area contributed by atoms with E-state index in [2.05, 4.69) is 16.9 Å². The van der Waals surface area contributed by atoms with Crippen molar-refractivity contribution in [3.05, 3.63) is 53.1 Å². The summed E-state index contributed by atoms with van der Waals surface area (Å²) in [6, 6.07) is 13.6. The van der Waals surface area contributed by atoms with Gasteiger partial charge in [-0.25, -0.2) is 5.43 Å². The fourth-order valence-corrected chi connectivity index (χ4v) is 2.24. The van der Waals surface area contributed by atoms with Crippen molar-refractivity contribution in [3.8, 4) is 6.07 Å². The summed E-state index contributed by atoms with van der Waals surface area (Å²) in [5, 5.41) is 11.0. The molecule has 4 nitrogen and oxygen atoms in total. The highest BCUT2D eigenvalue weighted by Crippen LogP contribution is 2.24. The van der Waals surface area contributed by atoms with Gasteiger partial charge in [-0.2, -0.15) is 5.26 Å². The molecule has 0 atom stereocenters. The van der Waals surface area contributed by atoms with E-state index in [1.165, 1.54) is 0 Å². The van der Waals surface area contributed by atoms with Gasteiger partial charge >= 0.3 is 0 Å². The van der Waals surface area contributed by atoms with Crippen LogP contribution in [0.1, 0.15) is 11.1 Å². The summed E-state index contributed by atoms with van der Waals surface area (Å²) >= 11 is 0. The van der Waals surface area contributed by atoms with Crippen LogP contribution in [0, 0.1) is 11.3 Å². The second kappa shape index (κ2) is 4.56. The molecule has 0 aliphatic carbocycles. The Balaban J connectivity index is 2.20. The SMILES string of the molecule is N#Cc1cccc2c(/C=C3\CNNC3=O)cccc12. The highest BCUT2D eigenvalue weighted by atomic mass is 16.2. The molecule has 1 amide bonds. The predicted molar refractivity (Wildman–Crippen MR) is 72.8 cm³/mol. The van der Waals surface area contributed by atoms with Gasteiger partial charge in [0.05, 0.1) is 11.6 Å². The van der Waals surface area contributed by atoms with Gasteiger partial charge in [-0.3, -0.25) is 10.2 Å². The molecule has 4 heteroatoms. The molecule has 2 N–H and O–H groups in total. The highest BCUT2D eigenvalue weighted by molar-refractivity contribution is 6.03. The van der Waals surface area contributed by atoms with Gasteiger partial charge in [0.15, 0.2) is 0 Å². The lowest BCUT2D eigenvalue weighted by atomic mass is 9.99. The molecule has 1 saturated heterocycles. The molecule has 0 aromatic heterocycles. The van der Waals surface area contributed by atoms with Crippen LogP contribution in [-0.2, 0) is 4.79 Å². The number of rotatable bonds is 1. The van der Waals surface area contributed by atoms with Crippen molar-refractivity contribution in [2.45, 2.75) is 0 Å². The Morgan fingerprint density at radius 3 is 2.68 bits per heavy atom. The van der Waals surface area contributed by atoms with Gasteiger partial charge in [-0.15, -0.1) is 0 Å². The second-order valence-electron chi connectivity index (χ2n) is 4.34. The Hall–Kier alpha value is -2.64. The number of fused-ring (bicyclic) bond motifs is 1. The van der Waals surface area contributed by atoms with Crippen LogP contribution in [0.3, 0.4) is 0 Å². The maximum Gasteiger partial charge on any atom is 0.262 e. The Labute approximate surface area is 110 Å². The number of benzene rings is 2. The Kier molecular flexibility index (Phi) is 2.75. The smallest absolute Gasteiger partial charge is 0.262 e. The predicted octanol–water partition coefficient (Wildman–Crippen LogP) is 1.73. The van der Waals surface area contributed by atoms with Crippen molar-refractivity contribution in [1.29, 1.82) is 5.26 Å².